The molecule has 4 rings (SSSR count). The van der Waals surface area contributed by atoms with Crippen molar-refractivity contribution in [2.75, 3.05) is 13.1 Å². The van der Waals surface area contributed by atoms with E-state index in [1.165, 1.54) is 21.5 Å². The molecule has 0 bridgehead atoms. The van der Waals surface area contributed by atoms with Crippen molar-refractivity contribution >= 4 is 40.9 Å². The molecule has 3 aromatic rings. The fourth-order valence-electron chi connectivity index (χ4n) is 4.13. The van der Waals surface area contributed by atoms with Gasteiger partial charge in [0.1, 0.15) is 23.4 Å². The van der Waals surface area contributed by atoms with Gasteiger partial charge in [-0.15, -0.1) is 16.2 Å². The van der Waals surface area contributed by atoms with Crippen molar-refractivity contribution in [1.82, 2.24) is 15.5 Å². The van der Waals surface area contributed by atoms with Crippen molar-refractivity contribution in [2.24, 2.45) is 10.9 Å². The summed E-state index contributed by atoms with van der Waals surface area (Å²) in [6, 6.07) is 14.9. The zero-order valence-corrected chi connectivity index (χ0v) is 23.8. The van der Waals surface area contributed by atoms with Gasteiger partial charge in [0, 0.05) is 33.1 Å². The number of nitrogens with one attached hydrogen (secondary N) is 3. The molecule has 0 saturated carbocycles. The molecule has 0 aliphatic carbocycles. The van der Waals surface area contributed by atoms with Gasteiger partial charge in [-0.25, -0.2) is 4.79 Å². The number of amides is 3. The van der Waals surface area contributed by atoms with Gasteiger partial charge in [-0.05, 0) is 55.3 Å². The minimum atomic E-state index is -3.05. The Balaban J connectivity index is 0.000000978. The van der Waals surface area contributed by atoms with Crippen LogP contribution in [0.1, 0.15) is 39.7 Å². The molecule has 2 heterocycles. The largest absolute Gasteiger partial charge is 0.479 e. The summed E-state index contributed by atoms with van der Waals surface area (Å²) in [6.07, 6.45) is 0.926. The Morgan fingerprint density at radius 1 is 1.09 bits per heavy atom. The van der Waals surface area contributed by atoms with Gasteiger partial charge >= 0.3 is 12.5 Å². The van der Waals surface area contributed by atoms with Gasteiger partial charge in [0.05, 0.1) is 6.54 Å². The monoisotopic (exact) mass is 630 g/mol. The summed E-state index contributed by atoms with van der Waals surface area (Å²) < 4.78 is 26.3. The summed E-state index contributed by atoms with van der Waals surface area (Å²) in [5.41, 5.74) is 6.15. The number of hydrogen-bond donors (Lipinski definition) is 5. The zero-order chi connectivity index (χ0) is 32.2. The number of nitrogens with two attached hydrogens (primary N) is 1. The lowest BCUT2D eigenvalue weighted by atomic mass is 10.1. The molecular formula is C28H28F2N6O7S. The van der Waals surface area contributed by atoms with Gasteiger partial charge in [-0.3, -0.25) is 19.8 Å². The van der Waals surface area contributed by atoms with E-state index in [1.807, 2.05) is 30.3 Å². The summed E-state index contributed by atoms with van der Waals surface area (Å²) in [4.78, 5) is 60.5. The first-order chi connectivity index (χ1) is 21.0. The van der Waals surface area contributed by atoms with Gasteiger partial charge in [0.15, 0.2) is 6.04 Å². The normalized spacial score (nSPS) is 14.5. The first-order valence-corrected chi connectivity index (χ1v) is 13.8. The van der Waals surface area contributed by atoms with Gasteiger partial charge in [-0.2, -0.15) is 8.78 Å². The number of amidine groups is 1. The molecule has 1 aliphatic heterocycles. The highest BCUT2D eigenvalue weighted by Gasteiger charge is 2.36. The van der Waals surface area contributed by atoms with Crippen molar-refractivity contribution in [1.29, 1.82) is 5.41 Å². The molecule has 1 aromatic heterocycles. The number of nitrogen functional groups attached to an aromatic ring is 1. The van der Waals surface area contributed by atoms with Crippen molar-refractivity contribution in [3.63, 3.8) is 0 Å². The molecule has 2 atom stereocenters. The molecule has 16 heteroatoms. The number of likely N-dealkylation sites (tertiary alicyclic amines) is 1. The summed E-state index contributed by atoms with van der Waals surface area (Å²) in [5, 5.41) is 25.1. The molecule has 0 spiro atoms. The lowest BCUT2D eigenvalue weighted by Crippen LogP contribution is -2.50. The van der Waals surface area contributed by atoms with E-state index in [-0.39, 0.29) is 12.4 Å². The second-order valence-electron chi connectivity index (χ2n) is 9.18. The van der Waals surface area contributed by atoms with Crippen LogP contribution in [0.4, 0.5) is 8.78 Å². The van der Waals surface area contributed by atoms with Crippen molar-refractivity contribution in [3.8, 4) is 11.5 Å². The Kier molecular flexibility index (Phi) is 12.0. The molecule has 2 unspecified atom stereocenters. The van der Waals surface area contributed by atoms with E-state index >= 15 is 0 Å². The maximum Gasteiger partial charge on any atom is 0.367 e. The Morgan fingerprint density at radius 2 is 1.73 bits per heavy atom. The molecule has 13 nitrogen and oxygen atoms in total. The predicted molar refractivity (Wildman–Crippen MR) is 156 cm³/mol. The minimum Gasteiger partial charge on any atom is -0.479 e. The maximum atomic E-state index is 13.0. The van der Waals surface area contributed by atoms with Crippen molar-refractivity contribution in [3.05, 3.63) is 87.0 Å². The number of alkyl halides is 2. The highest BCUT2D eigenvalue weighted by molar-refractivity contribution is 7.10. The number of para-hydroxylation sites is 1. The molecule has 1 saturated heterocycles. The highest BCUT2D eigenvalue weighted by Crippen LogP contribution is 2.25. The molecule has 232 valence electrons. The van der Waals surface area contributed by atoms with Crippen LogP contribution in [0.25, 0.3) is 0 Å². The Morgan fingerprint density at radius 3 is 2.30 bits per heavy atom. The number of aliphatic carboxylic acids is 1. The first-order valence-electron chi connectivity index (χ1n) is 13.0. The summed E-state index contributed by atoms with van der Waals surface area (Å²) in [7, 11) is 0. The molecule has 2 aromatic carbocycles. The third-order valence-electron chi connectivity index (χ3n) is 6.20. The Labute approximate surface area is 253 Å². The zero-order valence-electron chi connectivity index (χ0n) is 22.9. The number of carboxylic acids is 1. The number of carbonyl (C=O) groups is 4. The van der Waals surface area contributed by atoms with Crippen LogP contribution in [0.5, 0.6) is 11.5 Å². The molecule has 1 aliphatic rings. The maximum absolute atomic E-state index is 13.0. The second kappa shape index (κ2) is 15.8. The number of carboxylic acid groups (broad SMARTS) is 1. The van der Waals surface area contributed by atoms with E-state index < -0.39 is 42.3 Å². The second-order valence-corrected chi connectivity index (χ2v) is 10.1. The van der Waals surface area contributed by atoms with E-state index in [0.717, 1.165) is 11.3 Å². The Hall–Kier alpha value is -5.25. The third-order valence-corrected chi connectivity index (χ3v) is 7.20. The summed E-state index contributed by atoms with van der Waals surface area (Å²) >= 11 is 1.06. The average Bonchev–Trinajstić information content (AvgIpc) is 3.70. The highest BCUT2D eigenvalue weighted by atomic mass is 32.1. The van der Waals surface area contributed by atoms with E-state index in [2.05, 4.69) is 10.6 Å². The fraction of sp³-hybridized carbons (Fsp3) is 0.250. The van der Waals surface area contributed by atoms with Crippen LogP contribution in [-0.4, -0.2) is 65.2 Å². The third kappa shape index (κ3) is 9.38. The van der Waals surface area contributed by atoms with Crippen LogP contribution in [0.2, 0.25) is 0 Å². The van der Waals surface area contributed by atoms with Crippen LogP contribution in [0.3, 0.4) is 0 Å². The number of thiophene rings is 1. The van der Waals surface area contributed by atoms with E-state index in [9.17, 15) is 33.1 Å². The number of nitrogens with zero attached hydrogens (tertiary/aromatic N) is 2. The molecule has 1 fully saturated rings. The molecule has 3 amide bonds. The van der Waals surface area contributed by atoms with Gasteiger partial charge in [0.25, 0.3) is 5.91 Å². The number of halogens is 2. The molecule has 6 N–H and O–H groups in total. The van der Waals surface area contributed by atoms with Crippen molar-refractivity contribution in [2.45, 2.75) is 31.5 Å². The first kappa shape index (κ1) is 33.3. The van der Waals surface area contributed by atoms with Crippen LogP contribution in [0.15, 0.2) is 71.2 Å². The van der Waals surface area contributed by atoms with Crippen LogP contribution >= 0.6 is 11.3 Å². The minimum absolute atomic E-state index is 0.209. The molecule has 44 heavy (non-hydrogen) atoms. The van der Waals surface area contributed by atoms with E-state index in [1.54, 1.807) is 24.3 Å². The number of rotatable bonds is 11. The number of nitroso groups, excluding NO2 is 1. The van der Waals surface area contributed by atoms with Crippen LogP contribution < -0.4 is 21.1 Å². The Bertz CT molecular complexity index is 1490. The van der Waals surface area contributed by atoms with E-state index in [4.69, 9.17) is 20.8 Å². The van der Waals surface area contributed by atoms with Crippen molar-refractivity contribution < 1.29 is 37.8 Å². The topological polar surface area (TPSA) is 204 Å². The standard InChI is InChI=1S/C27H27N5O6S.CHF2NO/c28-24(29)17-13-21(39-15-17)23(27(36)37)31-26(35)20-7-4-12-32(20)22(33)14-30-25(34)16-8-10-19(11-9-16)38-18-5-2-1-3-6-18;2-1(3)4-5/h1-3,5-6,8-11,13,15,20,23H,4,7,12,14H2,(H3,28,29)(H,30,34)(H,31,35)(H,36,37);1H. The predicted octanol–water partition coefficient (Wildman–Crippen LogP) is 3.46. The summed E-state index contributed by atoms with van der Waals surface area (Å²) in [6.45, 7) is -3.06. The van der Waals surface area contributed by atoms with Gasteiger partial charge in [0.2, 0.25) is 11.8 Å². The lowest BCUT2D eigenvalue weighted by molar-refractivity contribution is -0.143. The van der Waals surface area contributed by atoms with E-state index in [0.29, 0.717) is 46.9 Å². The number of ether oxygens (including phenoxy) is 1. The number of carbonyl (C=O) groups excluding carboxylic acids is 3. The fourth-order valence-corrected chi connectivity index (χ4v) is 5.08. The van der Waals surface area contributed by atoms with Gasteiger partial charge < -0.3 is 31.1 Å². The smallest absolute Gasteiger partial charge is 0.367 e. The summed E-state index contributed by atoms with van der Waals surface area (Å²) in [5.74, 6) is -1.78. The molecular weight excluding hydrogens is 602 g/mol. The number of benzene rings is 2. The van der Waals surface area contributed by atoms with Crippen LogP contribution in [-0.2, 0) is 14.4 Å². The number of hydrogen-bond acceptors (Lipinski definition) is 9. The quantitative estimate of drug-likeness (QED) is 0.0916. The van der Waals surface area contributed by atoms with Gasteiger partial charge in [-0.1, -0.05) is 18.2 Å². The van der Waals surface area contributed by atoms with Crippen LogP contribution in [0, 0.1) is 10.3 Å². The lowest BCUT2D eigenvalue weighted by Gasteiger charge is -2.25. The average molecular weight is 631 g/mol. The molecule has 0 radical (unpaired) electrons. The SMILES string of the molecule is N=C(N)c1csc(C(NC(=O)C2CCCN2C(=O)CNC(=O)c2ccc(Oc3ccccc3)cc2)C(=O)O)c1.O=NC(F)F.